The largest absolute Gasteiger partial charge is 0.497 e. The molecule has 16 heavy (non-hydrogen) atoms. The first-order chi connectivity index (χ1) is 7.65. The van der Waals surface area contributed by atoms with Gasteiger partial charge in [-0.2, -0.15) is 0 Å². The fourth-order valence-electron chi connectivity index (χ4n) is 1.31. The van der Waals surface area contributed by atoms with Crippen LogP contribution in [0.3, 0.4) is 0 Å². The first kappa shape index (κ1) is 12.5. The summed E-state index contributed by atoms with van der Waals surface area (Å²) in [5.74, 6) is 0.780. The van der Waals surface area contributed by atoms with Crippen molar-refractivity contribution in [3.63, 3.8) is 0 Å². The third kappa shape index (κ3) is 3.90. The van der Waals surface area contributed by atoms with Gasteiger partial charge in [-0.1, -0.05) is 12.1 Å². The second kappa shape index (κ2) is 6.12. The third-order valence-corrected chi connectivity index (χ3v) is 2.28. The minimum absolute atomic E-state index is 0.0110. The highest BCUT2D eigenvalue weighted by Gasteiger charge is 2.06. The van der Waals surface area contributed by atoms with E-state index in [9.17, 15) is 4.79 Å². The highest BCUT2D eigenvalue weighted by molar-refractivity contribution is 5.78. The van der Waals surface area contributed by atoms with Gasteiger partial charge in [-0.05, 0) is 24.6 Å². The van der Waals surface area contributed by atoms with Gasteiger partial charge in [-0.15, -0.1) is 0 Å². The Morgan fingerprint density at radius 1 is 1.44 bits per heavy atom. The van der Waals surface area contributed by atoms with Crippen LogP contribution < -0.4 is 15.8 Å². The van der Waals surface area contributed by atoms with Crippen LogP contribution in [0.4, 0.5) is 0 Å². The minimum atomic E-state index is -0.0110. The fourth-order valence-corrected chi connectivity index (χ4v) is 1.31. The molecule has 1 unspecified atom stereocenters. The van der Waals surface area contributed by atoms with Crippen molar-refractivity contribution in [2.24, 2.45) is 5.73 Å². The van der Waals surface area contributed by atoms with Crippen LogP contribution in [0.2, 0.25) is 0 Å². The summed E-state index contributed by atoms with van der Waals surface area (Å²) in [6.07, 6.45) is 0.369. The Hall–Kier alpha value is -1.55. The Bertz CT molecular complexity index is 335. The summed E-state index contributed by atoms with van der Waals surface area (Å²) in [4.78, 5) is 11.5. The molecule has 0 saturated carbocycles. The van der Waals surface area contributed by atoms with Crippen LogP contribution in [0, 0.1) is 0 Å². The molecule has 1 aromatic carbocycles. The van der Waals surface area contributed by atoms with E-state index in [4.69, 9.17) is 10.5 Å². The van der Waals surface area contributed by atoms with E-state index in [-0.39, 0.29) is 11.9 Å². The molecule has 0 heterocycles. The van der Waals surface area contributed by atoms with Gasteiger partial charge in [-0.3, -0.25) is 4.79 Å². The predicted molar refractivity (Wildman–Crippen MR) is 63.4 cm³/mol. The molecular weight excluding hydrogens is 204 g/mol. The molecule has 0 aliphatic heterocycles. The van der Waals surface area contributed by atoms with Crippen LogP contribution in [0.25, 0.3) is 0 Å². The van der Waals surface area contributed by atoms with Crippen molar-refractivity contribution in [3.8, 4) is 5.75 Å². The van der Waals surface area contributed by atoms with Crippen LogP contribution in [0.15, 0.2) is 24.3 Å². The van der Waals surface area contributed by atoms with Crippen molar-refractivity contribution < 1.29 is 9.53 Å². The average Bonchev–Trinajstić information content (AvgIpc) is 2.29. The van der Waals surface area contributed by atoms with E-state index < -0.39 is 0 Å². The highest BCUT2D eigenvalue weighted by atomic mass is 16.5. The summed E-state index contributed by atoms with van der Waals surface area (Å²) in [6, 6.07) is 7.46. The third-order valence-electron chi connectivity index (χ3n) is 2.28. The first-order valence-electron chi connectivity index (χ1n) is 5.28. The van der Waals surface area contributed by atoms with E-state index >= 15 is 0 Å². The quantitative estimate of drug-likeness (QED) is 0.771. The van der Waals surface area contributed by atoms with Gasteiger partial charge in [0.05, 0.1) is 13.5 Å². The standard InChI is InChI=1S/C12H18N2O2/c1-9(8-13)14-12(15)7-10-3-5-11(16-2)6-4-10/h3-6,9H,7-8,13H2,1-2H3,(H,14,15). The van der Waals surface area contributed by atoms with E-state index in [1.165, 1.54) is 0 Å². The zero-order valence-electron chi connectivity index (χ0n) is 9.69. The van der Waals surface area contributed by atoms with E-state index in [0.717, 1.165) is 11.3 Å². The maximum Gasteiger partial charge on any atom is 0.224 e. The van der Waals surface area contributed by atoms with Gasteiger partial charge in [0.15, 0.2) is 0 Å². The van der Waals surface area contributed by atoms with Crippen LogP contribution in [-0.4, -0.2) is 25.6 Å². The number of rotatable bonds is 5. The number of nitrogens with two attached hydrogens (primary N) is 1. The van der Waals surface area contributed by atoms with E-state index in [1.807, 2.05) is 31.2 Å². The molecule has 0 aliphatic carbocycles. The number of nitrogens with one attached hydrogen (secondary N) is 1. The topological polar surface area (TPSA) is 64.3 Å². The van der Waals surface area contributed by atoms with E-state index in [0.29, 0.717) is 13.0 Å². The van der Waals surface area contributed by atoms with Crippen molar-refractivity contribution in [3.05, 3.63) is 29.8 Å². The van der Waals surface area contributed by atoms with E-state index in [1.54, 1.807) is 7.11 Å². The number of hydrogen-bond donors (Lipinski definition) is 2. The molecule has 1 amide bonds. The molecule has 1 aromatic rings. The number of methoxy groups -OCH3 is 1. The molecule has 0 aromatic heterocycles. The van der Waals surface area contributed by atoms with Gasteiger partial charge < -0.3 is 15.8 Å². The van der Waals surface area contributed by atoms with Gasteiger partial charge in [-0.25, -0.2) is 0 Å². The zero-order chi connectivity index (χ0) is 12.0. The number of benzene rings is 1. The summed E-state index contributed by atoms with van der Waals surface area (Å²) >= 11 is 0. The monoisotopic (exact) mass is 222 g/mol. The van der Waals surface area contributed by atoms with E-state index in [2.05, 4.69) is 5.32 Å². The predicted octanol–water partition coefficient (Wildman–Crippen LogP) is 0.701. The minimum Gasteiger partial charge on any atom is -0.497 e. The van der Waals surface area contributed by atoms with Crippen molar-refractivity contribution in [1.82, 2.24) is 5.32 Å². The Morgan fingerprint density at radius 3 is 2.56 bits per heavy atom. The number of hydrogen-bond acceptors (Lipinski definition) is 3. The molecule has 4 nitrogen and oxygen atoms in total. The van der Waals surface area contributed by atoms with Crippen molar-refractivity contribution in [2.75, 3.05) is 13.7 Å². The van der Waals surface area contributed by atoms with Crippen molar-refractivity contribution in [2.45, 2.75) is 19.4 Å². The number of amides is 1. The lowest BCUT2D eigenvalue weighted by Gasteiger charge is -2.11. The van der Waals surface area contributed by atoms with Gasteiger partial charge in [0.2, 0.25) is 5.91 Å². The molecule has 0 aliphatic rings. The SMILES string of the molecule is COc1ccc(CC(=O)NC(C)CN)cc1. The fraction of sp³-hybridized carbons (Fsp3) is 0.417. The van der Waals surface area contributed by atoms with Crippen LogP contribution >= 0.6 is 0 Å². The molecule has 0 spiro atoms. The van der Waals surface area contributed by atoms with Crippen molar-refractivity contribution >= 4 is 5.91 Å². The first-order valence-corrected chi connectivity index (χ1v) is 5.28. The summed E-state index contributed by atoms with van der Waals surface area (Å²) in [6.45, 7) is 2.33. The Morgan fingerprint density at radius 2 is 2.06 bits per heavy atom. The Balaban J connectivity index is 2.49. The number of carbonyl (C=O) groups excluding carboxylic acids is 1. The molecule has 1 atom stereocenters. The summed E-state index contributed by atoms with van der Waals surface area (Å²) in [5.41, 5.74) is 6.38. The highest BCUT2D eigenvalue weighted by Crippen LogP contribution is 2.11. The maximum absolute atomic E-state index is 11.5. The van der Waals surface area contributed by atoms with Gasteiger partial charge in [0, 0.05) is 12.6 Å². The zero-order valence-corrected chi connectivity index (χ0v) is 9.69. The molecule has 4 heteroatoms. The molecule has 0 bridgehead atoms. The molecule has 3 N–H and O–H groups in total. The molecule has 88 valence electrons. The van der Waals surface area contributed by atoms with Gasteiger partial charge >= 0.3 is 0 Å². The van der Waals surface area contributed by atoms with Crippen LogP contribution in [-0.2, 0) is 11.2 Å². The average molecular weight is 222 g/mol. The summed E-state index contributed by atoms with van der Waals surface area (Å²) in [5, 5.41) is 2.81. The summed E-state index contributed by atoms with van der Waals surface area (Å²) < 4.78 is 5.04. The number of ether oxygens (including phenoxy) is 1. The van der Waals surface area contributed by atoms with Crippen molar-refractivity contribution in [1.29, 1.82) is 0 Å². The second-order valence-corrected chi connectivity index (χ2v) is 3.73. The summed E-state index contributed by atoms with van der Waals surface area (Å²) in [7, 11) is 1.62. The maximum atomic E-state index is 11.5. The normalized spacial score (nSPS) is 11.9. The van der Waals surface area contributed by atoms with Crippen LogP contribution in [0.1, 0.15) is 12.5 Å². The second-order valence-electron chi connectivity index (χ2n) is 3.73. The van der Waals surface area contributed by atoms with Gasteiger partial charge in [0.25, 0.3) is 0 Å². The molecule has 0 radical (unpaired) electrons. The lowest BCUT2D eigenvalue weighted by molar-refractivity contribution is -0.120. The Kier molecular flexibility index (Phi) is 4.79. The molecule has 0 saturated heterocycles. The van der Waals surface area contributed by atoms with Crippen LogP contribution in [0.5, 0.6) is 5.75 Å². The Labute approximate surface area is 95.8 Å². The number of carbonyl (C=O) groups is 1. The molecule has 1 rings (SSSR count). The lowest BCUT2D eigenvalue weighted by Crippen LogP contribution is -2.38. The molecular formula is C12H18N2O2. The van der Waals surface area contributed by atoms with Gasteiger partial charge in [0.1, 0.15) is 5.75 Å². The smallest absolute Gasteiger partial charge is 0.224 e. The lowest BCUT2D eigenvalue weighted by atomic mass is 10.1. The molecule has 0 fully saturated rings.